The minimum atomic E-state index is -1.16. The normalized spacial score (nSPS) is 13.7. The third kappa shape index (κ3) is 5.17. The van der Waals surface area contributed by atoms with Gasteiger partial charge in [0, 0.05) is 11.4 Å². The number of nitrogens with one attached hydrogen (secondary N) is 1. The van der Waals surface area contributed by atoms with Gasteiger partial charge in [0.25, 0.3) is 5.91 Å². The van der Waals surface area contributed by atoms with Crippen molar-refractivity contribution in [2.24, 2.45) is 0 Å². The fraction of sp³-hybridized carbons (Fsp3) is 0.200. The lowest BCUT2D eigenvalue weighted by molar-refractivity contribution is -0.139. The fourth-order valence-electron chi connectivity index (χ4n) is 2.69. The van der Waals surface area contributed by atoms with Gasteiger partial charge < -0.3 is 24.6 Å². The van der Waals surface area contributed by atoms with Crippen molar-refractivity contribution < 1.29 is 28.9 Å². The summed E-state index contributed by atoms with van der Waals surface area (Å²) >= 11 is 5.95. The number of carbonyl (C=O) groups excluding carboxylic acids is 1. The van der Waals surface area contributed by atoms with E-state index in [2.05, 4.69) is 5.32 Å². The number of carboxylic acids is 1. The molecule has 0 saturated carbocycles. The Morgan fingerprint density at radius 1 is 1.21 bits per heavy atom. The van der Waals surface area contributed by atoms with Crippen LogP contribution < -0.4 is 10.1 Å². The van der Waals surface area contributed by atoms with Gasteiger partial charge in [0.1, 0.15) is 12.0 Å². The van der Waals surface area contributed by atoms with Gasteiger partial charge in [-0.1, -0.05) is 41.9 Å². The lowest BCUT2D eigenvalue weighted by Gasteiger charge is -2.20. The zero-order valence-electron chi connectivity index (χ0n) is 14.8. The Bertz CT molecular complexity index is 884. The molecule has 1 unspecified atom stereocenters. The molecule has 2 N–H and O–H groups in total. The summed E-state index contributed by atoms with van der Waals surface area (Å²) in [5.41, 5.74) is 1.17. The molecule has 0 aromatic heterocycles. The van der Waals surface area contributed by atoms with Gasteiger partial charge in [-0.2, -0.15) is 0 Å². The van der Waals surface area contributed by atoms with Gasteiger partial charge in [-0.3, -0.25) is 4.79 Å². The molecular weight excluding hydrogens is 386 g/mol. The van der Waals surface area contributed by atoms with Crippen LogP contribution in [-0.4, -0.2) is 36.4 Å². The highest BCUT2D eigenvalue weighted by Gasteiger charge is 2.24. The molecule has 1 atom stereocenters. The molecule has 3 rings (SSSR count). The summed E-state index contributed by atoms with van der Waals surface area (Å²) in [5, 5.41) is 12.0. The maximum Gasteiger partial charge on any atom is 0.341 e. The monoisotopic (exact) mass is 403 g/mol. The lowest BCUT2D eigenvalue weighted by atomic mass is 10.0. The summed E-state index contributed by atoms with van der Waals surface area (Å²) in [6.45, 7) is -0.499. The standard InChI is InChI=1S/C20H18ClNO6/c21-14-6-7-15(17(9-14)27-11-19(23)24)20(25)22-16(18-10-26-12-28-18)8-13-4-2-1-3-5-13/h1-7,9-10,16H,8,11-12H2,(H,22,25)(H,23,24). The molecule has 2 aromatic rings. The van der Waals surface area contributed by atoms with Gasteiger partial charge in [-0.05, 0) is 23.8 Å². The molecule has 0 saturated heterocycles. The molecule has 2 aromatic carbocycles. The minimum Gasteiger partial charge on any atom is -0.481 e. The third-order valence-electron chi connectivity index (χ3n) is 3.96. The molecule has 0 spiro atoms. The van der Waals surface area contributed by atoms with Crippen LogP contribution in [0, 0.1) is 0 Å². The van der Waals surface area contributed by atoms with E-state index in [-0.39, 0.29) is 18.1 Å². The van der Waals surface area contributed by atoms with Gasteiger partial charge in [0.05, 0.1) is 11.6 Å². The van der Waals surface area contributed by atoms with Crippen molar-refractivity contribution in [1.82, 2.24) is 5.32 Å². The molecular formula is C20H18ClNO6. The van der Waals surface area contributed by atoms with E-state index in [4.69, 9.17) is 30.9 Å². The summed E-state index contributed by atoms with van der Waals surface area (Å²) in [5.74, 6) is -1.02. The highest BCUT2D eigenvalue weighted by molar-refractivity contribution is 6.30. The zero-order chi connectivity index (χ0) is 19.9. The molecule has 1 heterocycles. The molecule has 146 valence electrons. The summed E-state index contributed by atoms with van der Waals surface area (Å²) in [6.07, 6.45) is 1.96. The molecule has 7 nitrogen and oxygen atoms in total. The molecule has 1 aliphatic rings. The van der Waals surface area contributed by atoms with Crippen LogP contribution in [-0.2, 0) is 20.7 Å². The van der Waals surface area contributed by atoms with Crippen LogP contribution in [0.15, 0.2) is 60.6 Å². The van der Waals surface area contributed by atoms with Crippen molar-refractivity contribution in [3.05, 3.63) is 76.7 Å². The molecule has 0 aliphatic carbocycles. The van der Waals surface area contributed by atoms with Crippen molar-refractivity contribution in [2.45, 2.75) is 12.5 Å². The SMILES string of the molecule is O=C(O)COc1cc(Cl)ccc1C(=O)NC(Cc1ccccc1)C1=COCO1. The van der Waals surface area contributed by atoms with E-state index in [0.717, 1.165) is 5.56 Å². The third-order valence-corrected chi connectivity index (χ3v) is 4.20. The van der Waals surface area contributed by atoms with Crippen molar-refractivity contribution in [3.8, 4) is 5.75 Å². The highest BCUT2D eigenvalue weighted by Crippen LogP contribution is 2.24. The van der Waals surface area contributed by atoms with Crippen molar-refractivity contribution in [3.63, 3.8) is 0 Å². The molecule has 0 bridgehead atoms. The molecule has 0 radical (unpaired) electrons. The van der Waals surface area contributed by atoms with Crippen LogP contribution in [0.4, 0.5) is 0 Å². The molecule has 8 heteroatoms. The number of amides is 1. The average Bonchev–Trinajstić information content (AvgIpc) is 3.21. The second-order valence-electron chi connectivity index (χ2n) is 5.99. The number of aliphatic carboxylic acids is 1. The largest absolute Gasteiger partial charge is 0.481 e. The van der Waals surface area contributed by atoms with Gasteiger partial charge in [0.15, 0.2) is 12.4 Å². The van der Waals surface area contributed by atoms with Crippen molar-refractivity contribution in [2.75, 3.05) is 13.4 Å². The predicted molar refractivity (Wildman–Crippen MR) is 101 cm³/mol. The van der Waals surface area contributed by atoms with E-state index in [0.29, 0.717) is 17.2 Å². The first-order valence-electron chi connectivity index (χ1n) is 8.46. The Hall–Kier alpha value is -3.19. The van der Waals surface area contributed by atoms with Crippen LogP contribution >= 0.6 is 11.6 Å². The van der Waals surface area contributed by atoms with E-state index in [1.807, 2.05) is 30.3 Å². The van der Waals surface area contributed by atoms with E-state index in [1.165, 1.54) is 24.5 Å². The number of hydrogen-bond donors (Lipinski definition) is 2. The second-order valence-corrected chi connectivity index (χ2v) is 6.42. The van der Waals surface area contributed by atoms with Gasteiger partial charge >= 0.3 is 5.97 Å². The smallest absolute Gasteiger partial charge is 0.341 e. The summed E-state index contributed by atoms with van der Waals surface area (Å²) in [4.78, 5) is 23.7. The van der Waals surface area contributed by atoms with E-state index >= 15 is 0 Å². The first-order valence-corrected chi connectivity index (χ1v) is 8.84. The Morgan fingerprint density at radius 3 is 2.68 bits per heavy atom. The Morgan fingerprint density at radius 2 is 2.00 bits per heavy atom. The number of rotatable bonds is 8. The minimum absolute atomic E-state index is 0.0865. The fourth-order valence-corrected chi connectivity index (χ4v) is 2.85. The first kappa shape index (κ1) is 19.6. The Kier molecular flexibility index (Phi) is 6.39. The van der Waals surface area contributed by atoms with Crippen LogP contribution in [0.2, 0.25) is 5.02 Å². The maximum atomic E-state index is 12.9. The predicted octanol–water partition coefficient (Wildman–Crippen LogP) is 2.99. The number of benzene rings is 2. The average molecular weight is 404 g/mol. The number of carbonyl (C=O) groups is 2. The van der Waals surface area contributed by atoms with E-state index in [9.17, 15) is 9.59 Å². The molecule has 1 amide bonds. The number of ether oxygens (including phenoxy) is 3. The van der Waals surface area contributed by atoms with Crippen LogP contribution in [0.3, 0.4) is 0 Å². The summed E-state index contributed by atoms with van der Waals surface area (Å²) in [7, 11) is 0. The maximum absolute atomic E-state index is 12.9. The highest BCUT2D eigenvalue weighted by atomic mass is 35.5. The second kappa shape index (κ2) is 9.14. The van der Waals surface area contributed by atoms with Crippen LogP contribution in [0.25, 0.3) is 0 Å². The zero-order valence-corrected chi connectivity index (χ0v) is 15.5. The number of carboxylic acid groups (broad SMARTS) is 1. The molecule has 28 heavy (non-hydrogen) atoms. The number of halogens is 1. The van der Waals surface area contributed by atoms with E-state index < -0.39 is 24.5 Å². The number of hydrogen-bond acceptors (Lipinski definition) is 5. The lowest BCUT2D eigenvalue weighted by Crippen LogP contribution is -2.38. The van der Waals surface area contributed by atoms with Crippen LogP contribution in [0.5, 0.6) is 5.75 Å². The summed E-state index contributed by atoms with van der Waals surface area (Å²) in [6, 6.07) is 13.6. The molecule has 0 fully saturated rings. The van der Waals surface area contributed by atoms with Gasteiger partial charge in [-0.15, -0.1) is 0 Å². The van der Waals surface area contributed by atoms with Gasteiger partial charge in [-0.25, -0.2) is 4.79 Å². The Balaban J connectivity index is 1.80. The Labute approximate surface area is 166 Å². The molecule has 1 aliphatic heterocycles. The van der Waals surface area contributed by atoms with Gasteiger partial charge in [0.2, 0.25) is 6.79 Å². The topological polar surface area (TPSA) is 94.1 Å². The van der Waals surface area contributed by atoms with Crippen molar-refractivity contribution in [1.29, 1.82) is 0 Å². The van der Waals surface area contributed by atoms with E-state index in [1.54, 1.807) is 0 Å². The quantitative estimate of drug-likeness (QED) is 0.703. The van der Waals surface area contributed by atoms with Crippen molar-refractivity contribution >= 4 is 23.5 Å². The first-order chi connectivity index (χ1) is 13.5. The summed E-state index contributed by atoms with van der Waals surface area (Å²) < 4.78 is 15.8. The van der Waals surface area contributed by atoms with Crippen LogP contribution in [0.1, 0.15) is 15.9 Å².